The van der Waals surface area contributed by atoms with Crippen LogP contribution in [0.15, 0.2) is 12.4 Å². The second-order valence-electron chi connectivity index (χ2n) is 2.74. The maximum atomic E-state index is 10.4. The van der Waals surface area contributed by atoms with E-state index in [0.717, 1.165) is 18.8 Å². The molecule has 4 nitrogen and oxygen atoms in total. The first-order valence-corrected chi connectivity index (χ1v) is 3.96. The Bertz CT molecular complexity index is 267. The van der Waals surface area contributed by atoms with Crippen LogP contribution < -0.4 is 5.73 Å². The number of primary amides is 1. The molecule has 0 aliphatic carbocycles. The monoisotopic (exact) mass is 167 g/mol. The third-order valence-electron chi connectivity index (χ3n) is 1.75. The number of hydrogen-bond donors (Lipinski definition) is 1. The van der Waals surface area contributed by atoms with Crippen LogP contribution in [0.4, 0.5) is 0 Å². The van der Waals surface area contributed by atoms with Crippen molar-refractivity contribution in [3.8, 4) is 0 Å². The molecule has 0 atom stereocenters. The summed E-state index contributed by atoms with van der Waals surface area (Å²) >= 11 is 0. The minimum atomic E-state index is -0.243. The molecule has 1 aromatic rings. The predicted octanol–water partition coefficient (Wildman–Crippen LogP) is 0.457. The fourth-order valence-electron chi connectivity index (χ4n) is 1.06. The normalized spacial score (nSPS) is 10.1. The van der Waals surface area contributed by atoms with Crippen LogP contribution in [0.1, 0.15) is 18.7 Å². The zero-order valence-corrected chi connectivity index (χ0v) is 7.16. The molecule has 0 spiro atoms. The minimum Gasteiger partial charge on any atom is -0.370 e. The van der Waals surface area contributed by atoms with E-state index in [1.807, 2.05) is 17.7 Å². The average Bonchev–Trinajstić information content (AvgIpc) is 2.36. The molecule has 0 saturated carbocycles. The molecule has 0 radical (unpaired) electrons. The van der Waals surface area contributed by atoms with Gasteiger partial charge in [0.15, 0.2) is 0 Å². The molecule has 0 unspecified atom stereocenters. The number of aromatic nitrogens is 2. The Hall–Kier alpha value is -1.32. The lowest BCUT2D eigenvalue weighted by Gasteiger charge is -2.02. The van der Waals surface area contributed by atoms with Crippen molar-refractivity contribution in [3.05, 3.63) is 18.2 Å². The van der Waals surface area contributed by atoms with E-state index >= 15 is 0 Å². The zero-order valence-electron chi connectivity index (χ0n) is 7.16. The Labute approximate surface area is 71.4 Å². The quantitative estimate of drug-likeness (QED) is 0.708. The first-order valence-electron chi connectivity index (χ1n) is 3.96. The molecule has 0 fully saturated rings. The standard InChI is InChI=1S/C8H13N3O/c1-7-10-4-6-11(7)5-2-3-8(9)12/h4,6H,2-3,5H2,1H3,(H2,9,12). The van der Waals surface area contributed by atoms with Gasteiger partial charge in [-0.1, -0.05) is 0 Å². The number of amides is 1. The average molecular weight is 167 g/mol. The van der Waals surface area contributed by atoms with E-state index in [0.29, 0.717) is 6.42 Å². The van der Waals surface area contributed by atoms with E-state index in [-0.39, 0.29) is 5.91 Å². The highest BCUT2D eigenvalue weighted by atomic mass is 16.1. The van der Waals surface area contributed by atoms with E-state index in [2.05, 4.69) is 4.98 Å². The van der Waals surface area contributed by atoms with E-state index in [4.69, 9.17) is 5.73 Å². The van der Waals surface area contributed by atoms with Crippen molar-refractivity contribution in [2.75, 3.05) is 0 Å². The van der Waals surface area contributed by atoms with Crippen molar-refractivity contribution >= 4 is 5.91 Å². The number of nitrogens with zero attached hydrogens (tertiary/aromatic N) is 2. The summed E-state index contributed by atoms with van der Waals surface area (Å²) in [6.45, 7) is 2.75. The molecule has 66 valence electrons. The second-order valence-corrected chi connectivity index (χ2v) is 2.74. The van der Waals surface area contributed by atoms with Crippen LogP contribution in [0.2, 0.25) is 0 Å². The highest BCUT2D eigenvalue weighted by molar-refractivity contribution is 5.73. The van der Waals surface area contributed by atoms with Gasteiger partial charge in [-0.2, -0.15) is 0 Å². The van der Waals surface area contributed by atoms with Gasteiger partial charge in [-0.15, -0.1) is 0 Å². The molecule has 0 aliphatic rings. The third kappa shape index (κ3) is 2.38. The van der Waals surface area contributed by atoms with Crippen LogP contribution in [-0.4, -0.2) is 15.5 Å². The molecule has 2 N–H and O–H groups in total. The van der Waals surface area contributed by atoms with E-state index < -0.39 is 0 Å². The molecular formula is C8H13N3O. The Morgan fingerprint density at radius 3 is 3.00 bits per heavy atom. The fraction of sp³-hybridized carbons (Fsp3) is 0.500. The summed E-state index contributed by atoms with van der Waals surface area (Å²) < 4.78 is 2.00. The van der Waals surface area contributed by atoms with Gasteiger partial charge >= 0.3 is 0 Å². The molecule has 1 heterocycles. The molecule has 0 aromatic carbocycles. The lowest BCUT2D eigenvalue weighted by atomic mass is 10.3. The fourth-order valence-corrected chi connectivity index (χ4v) is 1.06. The van der Waals surface area contributed by atoms with Crippen LogP contribution in [0.3, 0.4) is 0 Å². The van der Waals surface area contributed by atoms with Crippen LogP contribution in [-0.2, 0) is 11.3 Å². The van der Waals surface area contributed by atoms with Gasteiger partial charge in [0.25, 0.3) is 0 Å². The Morgan fingerprint density at radius 2 is 2.50 bits per heavy atom. The zero-order chi connectivity index (χ0) is 8.97. The van der Waals surface area contributed by atoms with Gasteiger partial charge in [-0.3, -0.25) is 4.79 Å². The summed E-state index contributed by atoms with van der Waals surface area (Å²) in [5.74, 6) is 0.729. The molecule has 0 bridgehead atoms. The second kappa shape index (κ2) is 3.90. The SMILES string of the molecule is Cc1nccn1CCCC(N)=O. The van der Waals surface area contributed by atoms with Crippen molar-refractivity contribution in [1.29, 1.82) is 0 Å². The van der Waals surface area contributed by atoms with Crippen molar-refractivity contribution in [2.24, 2.45) is 5.73 Å². The summed E-state index contributed by atoms with van der Waals surface area (Å²) in [4.78, 5) is 14.5. The highest BCUT2D eigenvalue weighted by Crippen LogP contribution is 1.98. The van der Waals surface area contributed by atoms with Crippen molar-refractivity contribution in [2.45, 2.75) is 26.3 Å². The summed E-state index contributed by atoms with van der Waals surface area (Å²) in [7, 11) is 0. The van der Waals surface area contributed by atoms with Gasteiger partial charge in [-0.05, 0) is 13.3 Å². The Balaban J connectivity index is 2.33. The molecule has 4 heteroatoms. The smallest absolute Gasteiger partial charge is 0.217 e. The van der Waals surface area contributed by atoms with Crippen LogP contribution >= 0.6 is 0 Å². The lowest BCUT2D eigenvalue weighted by Crippen LogP contribution is -2.11. The van der Waals surface area contributed by atoms with Crippen LogP contribution in [0, 0.1) is 6.92 Å². The van der Waals surface area contributed by atoms with Gasteiger partial charge in [0.1, 0.15) is 5.82 Å². The molecule has 0 saturated heterocycles. The van der Waals surface area contributed by atoms with Crippen LogP contribution in [0.25, 0.3) is 0 Å². The molecule has 1 aromatic heterocycles. The number of imidazole rings is 1. The van der Waals surface area contributed by atoms with Gasteiger partial charge < -0.3 is 10.3 Å². The molecular weight excluding hydrogens is 154 g/mol. The summed E-state index contributed by atoms with van der Waals surface area (Å²) in [5, 5.41) is 0. The first kappa shape index (κ1) is 8.77. The van der Waals surface area contributed by atoms with Crippen LogP contribution in [0.5, 0.6) is 0 Å². The Morgan fingerprint density at radius 1 is 1.75 bits per heavy atom. The molecule has 1 rings (SSSR count). The van der Waals surface area contributed by atoms with E-state index in [9.17, 15) is 4.79 Å². The minimum absolute atomic E-state index is 0.243. The molecule has 12 heavy (non-hydrogen) atoms. The summed E-state index contributed by atoms with van der Waals surface area (Å²) in [6.07, 6.45) is 4.88. The Kier molecular flexibility index (Phi) is 2.85. The van der Waals surface area contributed by atoms with Crippen molar-refractivity contribution < 1.29 is 4.79 Å². The van der Waals surface area contributed by atoms with Crippen molar-refractivity contribution in [1.82, 2.24) is 9.55 Å². The summed E-state index contributed by atoms with van der Waals surface area (Å²) in [6, 6.07) is 0. The van der Waals surface area contributed by atoms with Gasteiger partial charge in [0, 0.05) is 25.4 Å². The lowest BCUT2D eigenvalue weighted by molar-refractivity contribution is -0.118. The molecule has 1 amide bonds. The largest absolute Gasteiger partial charge is 0.370 e. The maximum absolute atomic E-state index is 10.4. The number of rotatable bonds is 4. The predicted molar refractivity (Wildman–Crippen MR) is 45.4 cm³/mol. The summed E-state index contributed by atoms with van der Waals surface area (Å²) in [5.41, 5.74) is 5.01. The highest BCUT2D eigenvalue weighted by Gasteiger charge is 1.97. The first-order chi connectivity index (χ1) is 5.70. The van der Waals surface area contributed by atoms with Gasteiger partial charge in [0.05, 0.1) is 0 Å². The topological polar surface area (TPSA) is 60.9 Å². The van der Waals surface area contributed by atoms with E-state index in [1.165, 1.54) is 0 Å². The number of aryl methyl sites for hydroxylation is 2. The number of nitrogens with two attached hydrogens (primary N) is 1. The molecule has 0 aliphatic heterocycles. The maximum Gasteiger partial charge on any atom is 0.217 e. The number of hydrogen-bond acceptors (Lipinski definition) is 2. The van der Waals surface area contributed by atoms with E-state index in [1.54, 1.807) is 6.20 Å². The third-order valence-corrected chi connectivity index (χ3v) is 1.75. The van der Waals surface area contributed by atoms with Crippen molar-refractivity contribution in [3.63, 3.8) is 0 Å². The number of carbonyl (C=O) groups excluding carboxylic acids is 1. The van der Waals surface area contributed by atoms with Gasteiger partial charge in [-0.25, -0.2) is 4.98 Å². The number of carbonyl (C=O) groups is 1. The van der Waals surface area contributed by atoms with Gasteiger partial charge in [0.2, 0.25) is 5.91 Å².